The number of carbonyl (C=O) groups is 2. The van der Waals surface area contributed by atoms with Crippen LogP contribution in [0.3, 0.4) is 0 Å². The molecule has 2 fully saturated rings. The van der Waals surface area contributed by atoms with Crippen molar-refractivity contribution in [2.45, 2.75) is 32.6 Å². The first kappa shape index (κ1) is 13.2. The highest BCUT2D eigenvalue weighted by Gasteiger charge is 2.35. The van der Waals surface area contributed by atoms with Crippen LogP contribution in [0.15, 0.2) is 0 Å². The number of rotatable bonds is 5. The molecule has 2 amide bonds. The fourth-order valence-corrected chi connectivity index (χ4v) is 2.63. The molecule has 1 saturated heterocycles. The topological polar surface area (TPSA) is 60.9 Å². The molecule has 0 bridgehead atoms. The van der Waals surface area contributed by atoms with Gasteiger partial charge in [-0.15, -0.1) is 0 Å². The Hall–Kier alpha value is -1.26. The Labute approximate surface area is 108 Å². The fourth-order valence-electron chi connectivity index (χ4n) is 2.63. The van der Waals surface area contributed by atoms with Crippen LogP contribution in [-0.4, -0.2) is 53.1 Å². The molecule has 1 aliphatic heterocycles. The lowest BCUT2D eigenvalue weighted by molar-refractivity contribution is -0.139. The van der Waals surface area contributed by atoms with Gasteiger partial charge < -0.3 is 14.9 Å². The van der Waals surface area contributed by atoms with Crippen molar-refractivity contribution in [3.8, 4) is 0 Å². The zero-order chi connectivity index (χ0) is 13.1. The third-order valence-corrected chi connectivity index (χ3v) is 4.05. The number of carbonyl (C=O) groups excluding carboxylic acids is 1. The molecule has 1 heterocycles. The molecule has 5 nitrogen and oxygen atoms in total. The van der Waals surface area contributed by atoms with Gasteiger partial charge in [0, 0.05) is 32.1 Å². The van der Waals surface area contributed by atoms with E-state index in [0.29, 0.717) is 19.0 Å². The number of aliphatic carboxylic acids is 1. The molecule has 1 N–H and O–H groups in total. The summed E-state index contributed by atoms with van der Waals surface area (Å²) in [6.45, 7) is 4.83. The molecular formula is C13H22N2O3. The van der Waals surface area contributed by atoms with Crippen molar-refractivity contribution in [3.63, 3.8) is 0 Å². The number of carboxylic acid groups (broad SMARTS) is 1. The molecule has 18 heavy (non-hydrogen) atoms. The summed E-state index contributed by atoms with van der Waals surface area (Å²) in [5.41, 5.74) is 0. The van der Waals surface area contributed by atoms with Crippen molar-refractivity contribution in [2.24, 2.45) is 11.8 Å². The van der Waals surface area contributed by atoms with Crippen molar-refractivity contribution >= 4 is 12.0 Å². The number of hydrogen-bond donors (Lipinski definition) is 1. The Kier molecular flexibility index (Phi) is 4.09. The number of amides is 2. The van der Waals surface area contributed by atoms with E-state index in [1.165, 1.54) is 19.3 Å². The molecule has 2 rings (SSSR count). The van der Waals surface area contributed by atoms with Gasteiger partial charge in [-0.1, -0.05) is 6.42 Å². The van der Waals surface area contributed by atoms with Gasteiger partial charge in [0.1, 0.15) is 0 Å². The average molecular weight is 254 g/mol. The van der Waals surface area contributed by atoms with Gasteiger partial charge >= 0.3 is 12.0 Å². The van der Waals surface area contributed by atoms with E-state index in [9.17, 15) is 9.59 Å². The molecule has 102 valence electrons. The molecule has 0 aromatic heterocycles. The van der Waals surface area contributed by atoms with E-state index in [2.05, 4.69) is 0 Å². The minimum Gasteiger partial charge on any atom is -0.481 e. The van der Waals surface area contributed by atoms with E-state index in [1.54, 1.807) is 4.90 Å². The molecule has 1 aliphatic carbocycles. The maximum atomic E-state index is 12.2. The minimum atomic E-state index is -0.770. The van der Waals surface area contributed by atoms with Gasteiger partial charge in [-0.3, -0.25) is 4.79 Å². The molecule has 0 spiro atoms. The van der Waals surface area contributed by atoms with Crippen molar-refractivity contribution in [1.29, 1.82) is 0 Å². The van der Waals surface area contributed by atoms with Gasteiger partial charge in [0.25, 0.3) is 0 Å². The second kappa shape index (κ2) is 5.59. The molecule has 0 atom stereocenters. The monoisotopic (exact) mass is 254 g/mol. The average Bonchev–Trinajstić information content (AvgIpc) is 2.20. The normalized spacial score (nSPS) is 20.2. The first-order valence-corrected chi connectivity index (χ1v) is 6.85. The lowest BCUT2D eigenvalue weighted by atomic mass is 9.85. The van der Waals surface area contributed by atoms with E-state index in [4.69, 9.17) is 5.11 Å². The second-order valence-electron chi connectivity index (χ2n) is 5.49. The van der Waals surface area contributed by atoms with Crippen LogP contribution in [0.4, 0.5) is 4.79 Å². The molecular weight excluding hydrogens is 232 g/mol. The Bertz CT molecular complexity index is 322. The maximum absolute atomic E-state index is 12.2. The summed E-state index contributed by atoms with van der Waals surface area (Å²) in [6.07, 6.45) is 3.95. The lowest BCUT2D eigenvalue weighted by Gasteiger charge is -2.42. The molecule has 2 aliphatic rings. The number of nitrogens with zero attached hydrogens (tertiary/aromatic N) is 2. The van der Waals surface area contributed by atoms with E-state index >= 15 is 0 Å². The third kappa shape index (κ3) is 2.94. The molecule has 5 heteroatoms. The highest BCUT2D eigenvalue weighted by Crippen LogP contribution is 2.28. The van der Waals surface area contributed by atoms with E-state index in [-0.39, 0.29) is 18.4 Å². The summed E-state index contributed by atoms with van der Waals surface area (Å²) in [6, 6.07) is 0.0889. The standard InChI is InChI=1S/C13H22N2O3/c1-2-14(7-10-4-3-5-10)13(18)15-8-11(9-15)6-12(16)17/h10-11H,2-9H2,1H3,(H,16,17). The zero-order valence-corrected chi connectivity index (χ0v) is 11.0. The van der Waals surface area contributed by atoms with Gasteiger partial charge in [-0.25, -0.2) is 4.79 Å². The molecule has 0 aromatic carbocycles. The Balaban J connectivity index is 1.74. The number of hydrogen-bond acceptors (Lipinski definition) is 2. The summed E-state index contributed by atoms with van der Waals surface area (Å²) in [4.78, 5) is 26.4. The van der Waals surface area contributed by atoms with Crippen molar-refractivity contribution in [1.82, 2.24) is 9.80 Å². The third-order valence-electron chi connectivity index (χ3n) is 4.05. The van der Waals surface area contributed by atoms with Crippen LogP contribution in [0.5, 0.6) is 0 Å². The summed E-state index contributed by atoms with van der Waals surface area (Å²) in [7, 11) is 0. The highest BCUT2D eigenvalue weighted by molar-refractivity contribution is 5.76. The van der Waals surface area contributed by atoms with E-state index < -0.39 is 5.97 Å². The quantitative estimate of drug-likeness (QED) is 0.811. The first-order valence-electron chi connectivity index (χ1n) is 6.85. The molecule has 0 aromatic rings. The summed E-state index contributed by atoms with van der Waals surface area (Å²) in [5.74, 6) is 0.0627. The van der Waals surface area contributed by atoms with Crippen molar-refractivity contribution < 1.29 is 14.7 Å². The van der Waals surface area contributed by atoms with E-state index in [0.717, 1.165) is 13.1 Å². The molecule has 0 radical (unpaired) electrons. The summed E-state index contributed by atoms with van der Waals surface area (Å²) < 4.78 is 0. The maximum Gasteiger partial charge on any atom is 0.320 e. The van der Waals surface area contributed by atoms with E-state index in [1.807, 2.05) is 11.8 Å². The van der Waals surface area contributed by atoms with Crippen molar-refractivity contribution in [2.75, 3.05) is 26.2 Å². The SMILES string of the molecule is CCN(CC1CCC1)C(=O)N1CC(CC(=O)O)C1. The Morgan fingerprint density at radius 1 is 1.28 bits per heavy atom. The van der Waals surface area contributed by atoms with Gasteiger partial charge in [0.05, 0.1) is 6.42 Å². The smallest absolute Gasteiger partial charge is 0.320 e. The van der Waals surface area contributed by atoms with Gasteiger partial charge in [-0.05, 0) is 25.7 Å². The summed E-state index contributed by atoms with van der Waals surface area (Å²) in [5, 5.41) is 8.67. The number of carboxylic acids is 1. The first-order chi connectivity index (χ1) is 8.60. The predicted octanol–water partition coefficient (Wildman–Crippen LogP) is 1.63. The molecule has 1 saturated carbocycles. The van der Waals surface area contributed by atoms with Crippen LogP contribution in [-0.2, 0) is 4.79 Å². The Morgan fingerprint density at radius 3 is 2.39 bits per heavy atom. The van der Waals surface area contributed by atoms with Crippen molar-refractivity contribution in [3.05, 3.63) is 0 Å². The van der Waals surface area contributed by atoms with Crippen LogP contribution >= 0.6 is 0 Å². The second-order valence-corrected chi connectivity index (χ2v) is 5.49. The van der Waals surface area contributed by atoms with Crippen LogP contribution in [0.1, 0.15) is 32.6 Å². The van der Waals surface area contributed by atoms with Gasteiger partial charge in [0.15, 0.2) is 0 Å². The Morgan fingerprint density at radius 2 is 1.94 bits per heavy atom. The zero-order valence-electron chi connectivity index (χ0n) is 11.0. The largest absolute Gasteiger partial charge is 0.481 e. The summed E-state index contributed by atoms with van der Waals surface area (Å²) >= 11 is 0. The predicted molar refractivity (Wildman–Crippen MR) is 67.3 cm³/mol. The highest BCUT2D eigenvalue weighted by atomic mass is 16.4. The van der Waals surface area contributed by atoms with Crippen LogP contribution in [0, 0.1) is 11.8 Å². The lowest BCUT2D eigenvalue weighted by Crippen LogP contribution is -2.56. The van der Waals surface area contributed by atoms with Crippen LogP contribution in [0.2, 0.25) is 0 Å². The fraction of sp³-hybridized carbons (Fsp3) is 0.846. The van der Waals surface area contributed by atoms with Gasteiger partial charge in [0.2, 0.25) is 0 Å². The number of urea groups is 1. The minimum absolute atomic E-state index is 0.0889. The molecule has 0 unspecified atom stereocenters. The van der Waals surface area contributed by atoms with Crippen LogP contribution < -0.4 is 0 Å². The number of likely N-dealkylation sites (tertiary alicyclic amines) is 1. The van der Waals surface area contributed by atoms with Gasteiger partial charge in [-0.2, -0.15) is 0 Å². The van der Waals surface area contributed by atoms with Crippen LogP contribution in [0.25, 0.3) is 0 Å².